The summed E-state index contributed by atoms with van der Waals surface area (Å²) in [4.78, 5) is 13.0. The van der Waals surface area contributed by atoms with E-state index in [2.05, 4.69) is 5.32 Å². The van der Waals surface area contributed by atoms with Crippen molar-refractivity contribution in [2.75, 3.05) is 23.0 Å². The monoisotopic (exact) mass is 424 g/mol. The highest BCUT2D eigenvalue weighted by molar-refractivity contribution is 7.92. The average molecular weight is 425 g/mol. The number of anilines is 2. The minimum Gasteiger partial charge on any atom is -0.495 e. The van der Waals surface area contributed by atoms with Gasteiger partial charge in [-0.2, -0.15) is 0 Å². The van der Waals surface area contributed by atoms with E-state index in [1.54, 1.807) is 19.1 Å². The van der Waals surface area contributed by atoms with E-state index in [4.69, 9.17) is 16.3 Å². The highest BCUT2D eigenvalue weighted by Gasteiger charge is 2.32. The first kappa shape index (κ1) is 22.0. The lowest BCUT2D eigenvalue weighted by atomic mass is 10.1. The molecule has 2 rings (SSSR count). The van der Waals surface area contributed by atoms with Gasteiger partial charge in [0.1, 0.15) is 11.8 Å². The Hall–Kier alpha value is -2.25. The number of carbonyl (C=O) groups is 1. The molecule has 0 aliphatic heterocycles. The molecule has 1 N–H and O–H groups in total. The Morgan fingerprint density at radius 2 is 1.79 bits per heavy atom. The predicted molar refractivity (Wildman–Crippen MR) is 114 cm³/mol. The number of hydrogen-bond donors (Lipinski definition) is 1. The third kappa shape index (κ3) is 5.17. The fraction of sp³-hybridized carbons (Fsp3) is 0.350. The third-order valence-electron chi connectivity index (χ3n) is 4.21. The Kier molecular flexibility index (Phi) is 6.96. The van der Waals surface area contributed by atoms with E-state index >= 15 is 0 Å². The maximum absolute atomic E-state index is 13.0. The molecule has 2 aromatic rings. The van der Waals surface area contributed by atoms with Crippen LogP contribution < -0.4 is 14.4 Å². The molecule has 0 aliphatic rings. The maximum Gasteiger partial charge on any atom is 0.248 e. The molecule has 0 radical (unpaired) electrons. The SMILES string of the molecule is CCC(C(=O)Nc1cc(C)cc(C)c1)N(c1ccc(OC)c(Cl)c1)S(C)(=O)=O. The molecule has 1 atom stereocenters. The zero-order valence-electron chi connectivity index (χ0n) is 16.6. The van der Waals surface area contributed by atoms with Crippen molar-refractivity contribution in [1.82, 2.24) is 0 Å². The van der Waals surface area contributed by atoms with E-state index in [0.717, 1.165) is 21.7 Å². The fourth-order valence-electron chi connectivity index (χ4n) is 3.13. The van der Waals surface area contributed by atoms with E-state index in [0.29, 0.717) is 17.1 Å². The summed E-state index contributed by atoms with van der Waals surface area (Å²) in [7, 11) is -2.27. The number of halogens is 1. The molecule has 6 nitrogen and oxygen atoms in total. The van der Waals surface area contributed by atoms with Gasteiger partial charge in [-0.1, -0.05) is 24.6 Å². The van der Waals surface area contributed by atoms with Crippen LogP contribution in [0.1, 0.15) is 24.5 Å². The van der Waals surface area contributed by atoms with Gasteiger partial charge in [-0.05, 0) is 61.7 Å². The summed E-state index contributed by atoms with van der Waals surface area (Å²) in [5.41, 5.74) is 2.94. The van der Waals surface area contributed by atoms with Crippen molar-refractivity contribution in [3.8, 4) is 5.75 Å². The Balaban J connectivity index is 2.42. The van der Waals surface area contributed by atoms with Crippen LogP contribution in [-0.4, -0.2) is 33.7 Å². The van der Waals surface area contributed by atoms with Gasteiger partial charge in [-0.15, -0.1) is 0 Å². The Labute approximate surface area is 171 Å². The summed E-state index contributed by atoms with van der Waals surface area (Å²) in [6.07, 6.45) is 1.35. The summed E-state index contributed by atoms with van der Waals surface area (Å²) >= 11 is 6.17. The standard InChI is InChI=1S/C20H25ClN2O4S/c1-6-18(20(24)22-15-10-13(2)9-14(3)11-15)23(28(5,25)26)16-7-8-19(27-4)17(21)12-16/h7-12,18H,6H2,1-5H3,(H,22,24). The van der Waals surface area contributed by atoms with Crippen molar-refractivity contribution in [1.29, 1.82) is 0 Å². The topological polar surface area (TPSA) is 75.7 Å². The number of benzene rings is 2. The first-order valence-corrected chi connectivity index (χ1v) is 11.0. The van der Waals surface area contributed by atoms with Gasteiger partial charge in [0.2, 0.25) is 15.9 Å². The number of ether oxygens (including phenoxy) is 1. The van der Waals surface area contributed by atoms with Gasteiger partial charge in [-0.25, -0.2) is 8.42 Å². The molecule has 0 spiro atoms. The number of amides is 1. The summed E-state index contributed by atoms with van der Waals surface area (Å²) in [6, 6.07) is 9.37. The number of methoxy groups -OCH3 is 1. The Morgan fingerprint density at radius 3 is 2.25 bits per heavy atom. The van der Waals surface area contributed by atoms with Crippen molar-refractivity contribution in [2.45, 2.75) is 33.2 Å². The second-order valence-corrected chi connectivity index (χ2v) is 8.93. The quantitative estimate of drug-likeness (QED) is 0.724. The molecular weight excluding hydrogens is 400 g/mol. The smallest absolute Gasteiger partial charge is 0.248 e. The molecule has 0 bridgehead atoms. The third-order valence-corrected chi connectivity index (χ3v) is 5.68. The zero-order valence-corrected chi connectivity index (χ0v) is 18.2. The molecule has 0 aromatic heterocycles. The molecule has 0 heterocycles. The van der Waals surface area contributed by atoms with Crippen LogP contribution in [0.3, 0.4) is 0 Å². The average Bonchev–Trinajstić information content (AvgIpc) is 2.57. The molecule has 0 saturated heterocycles. The first-order valence-electron chi connectivity index (χ1n) is 8.79. The van der Waals surface area contributed by atoms with Crippen LogP contribution in [0.25, 0.3) is 0 Å². The van der Waals surface area contributed by atoms with Crippen LogP contribution >= 0.6 is 11.6 Å². The van der Waals surface area contributed by atoms with Gasteiger partial charge in [0.15, 0.2) is 0 Å². The first-order chi connectivity index (χ1) is 13.1. The van der Waals surface area contributed by atoms with Gasteiger partial charge in [0.25, 0.3) is 0 Å². The van der Waals surface area contributed by atoms with Gasteiger partial charge in [0.05, 0.1) is 24.1 Å². The molecular formula is C20H25ClN2O4S. The predicted octanol–water partition coefficient (Wildman–Crippen LogP) is 4.15. The van der Waals surface area contributed by atoms with Crippen LogP contribution in [0, 0.1) is 13.8 Å². The minimum absolute atomic E-state index is 0.262. The number of rotatable bonds is 7. The molecule has 8 heteroatoms. The van der Waals surface area contributed by atoms with Crippen LogP contribution in [0.15, 0.2) is 36.4 Å². The van der Waals surface area contributed by atoms with Crippen molar-refractivity contribution >= 4 is 38.9 Å². The number of sulfonamides is 1. The number of carbonyl (C=O) groups excluding carboxylic acids is 1. The van der Waals surface area contributed by atoms with Crippen LogP contribution in [0.5, 0.6) is 5.75 Å². The molecule has 28 heavy (non-hydrogen) atoms. The van der Waals surface area contributed by atoms with Crippen molar-refractivity contribution in [2.24, 2.45) is 0 Å². The zero-order chi connectivity index (χ0) is 21.1. The molecule has 0 saturated carbocycles. The lowest BCUT2D eigenvalue weighted by Gasteiger charge is -2.30. The molecule has 0 fully saturated rings. The highest BCUT2D eigenvalue weighted by Crippen LogP contribution is 2.32. The molecule has 2 aromatic carbocycles. The summed E-state index contributed by atoms with van der Waals surface area (Å²) in [6.45, 7) is 5.62. The van der Waals surface area contributed by atoms with Gasteiger partial charge >= 0.3 is 0 Å². The number of nitrogens with one attached hydrogen (secondary N) is 1. The fourth-order valence-corrected chi connectivity index (χ4v) is 4.58. The van der Waals surface area contributed by atoms with E-state index < -0.39 is 22.0 Å². The van der Waals surface area contributed by atoms with Gasteiger partial charge < -0.3 is 10.1 Å². The molecule has 1 unspecified atom stereocenters. The van der Waals surface area contributed by atoms with Crippen LogP contribution in [0.2, 0.25) is 5.02 Å². The van der Waals surface area contributed by atoms with Crippen molar-refractivity contribution in [3.05, 3.63) is 52.5 Å². The lowest BCUT2D eigenvalue weighted by Crippen LogP contribution is -2.47. The maximum atomic E-state index is 13.0. The van der Waals surface area contributed by atoms with Gasteiger partial charge in [0, 0.05) is 5.69 Å². The van der Waals surface area contributed by atoms with Crippen LogP contribution in [0.4, 0.5) is 11.4 Å². The van der Waals surface area contributed by atoms with E-state index in [-0.39, 0.29) is 11.4 Å². The van der Waals surface area contributed by atoms with Gasteiger partial charge in [-0.3, -0.25) is 9.10 Å². The summed E-state index contributed by atoms with van der Waals surface area (Å²) in [5.74, 6) is 0.0106. The Morgan fingerprint density at radius 1 is 1.18 bits per heavy atom. The van der Waals surface area contributed by atoms with Crippen LogP contribution in [-0.2, 0) is 14.8 Å². The largest absolute Gasteiger partial charge is 0.495 e. The number of aryl methyl sites for hydroxylation is 2. The summed E-state index contributed by atoms with van der Waals surface area (Å²) in [5, 5.41) is 3.09. The highest BCUT2D eigenvalue weighted by atomic mass is 35.5. The Bertz CT molecular complexity index is 956. The van der Waals surface area contributed by atoms with Crippen molar-refractivity contribution < 1.29 is 17.9 Å². The molecule has 1 amide bonds. The van der Waals surface area contributed by atoms with E-state index in [1.807, 2.05) is 32.0 Å². The normalized spacial score (nSPS) is 12.4. The second-order valence-electron chi connectivity index (χ2n) is 6.67. The van der Waals surface area contributed by atoms with E-state index in [9.17, 15) is 13.2 Å². The second kappa shape index (κ2) is 8.84. The number of hydrogen-bond acceptors (Lipinski definition) is 4. The number of nitrogens with zero attached hydrogens (tertiary/aromatic N) is 1. The summed E-state index contributed by atoms with van der Waals surface area (Å²) < 4.78 is 31.3. The lowest BCUT2D eigenvalue weighted by molar-refractivity contribution is -0.117. The van der Waals surface area contributed by atoms with E-state index in [1.165, 1.54) is 13.2 Å². The van der Waals surface area contributed by atoms with Crippen molar-refractivity contribution in [3.63, 3.8) is 0 Å². The molecule has 152 valence electrons. The molecule has 0 aliphatic carbocycles. The minimum atomic E-state index is -3.75.